The van der Waals surface area contributed by atoms with Gasteiger partial charge >= 0.3 is 0 Å². The molecular weight excluding hydrogens is 226 g/mol. The van der Waals surface area contributed by atoms with Crippen molar-refractivity contribution in [2.75, 3.05) is 13.6 Å². The summed E-state index contributed by atoms with van der Waals surface area (Å²) in [5.41, 5.74) is 1.18. The van der Waals surface area contributed by atoms with Crippen LogP contribution < -0.4 is 10.6 Å². The van der Waals surface area contributed by atoms with Crippen LogP contribution in [0.1, 0.15) is 31.4 Å². The van der Waals surface area contributed by atoms with Crippen molar-refractivity contribution in [1.29, 1.82) is 0 Å². The lowest BCUT2D eigenvalue weighted by atomic mass is 9.85. The zero-order chi connectivity index (χ0) is 12.8. The molecule has 1 aromatic rings. The van der Waals surface area contributed by atoms with E-state index in [0.29, 0.717) is 6.04 Å². The van der Waals surface area contributed by atoms with Crippen molar-refractivity contribution >= 4 is 5.91 Å². The van der Waals surface area contributed by atoms with Crippen molar-refractivity contribution in [2.24, 2.45) is 5.92 Å². The largest absolute Gasteiger partial charge is 0.365 e. The van der Waals surface area contributed by atoms with E-state index in [4.69, 9.17) is 0 Å². The minimum absolute atomic E-state index is 0.221. The van der Waals surface area contributed by atoms with Gasteiger partial charge in [-0.3, -0.25) is 4.79 Å². The predicted octanol–water partition coefficient (Wildman–Crippen LogP) is 1.45. The van der Waals surface area contributed by atoms with Crippen molar-refractivity contribution in [1.82, 2.24) is 15.6 Å². The first-order valence-electron chi connectivity index (χ1n) is 6.87. The summed E-state index contributed by atoms with van der Waals surface area (Å²) >= 11 is 0. The summed E-state index contributed by atoms with van der Waals surface area (Å²) in [6.07, 6.45) is 7.05. The van der Waals surface area contributed by atoms with Gasteiger partial charge in [-0.15, -0.1) is 0 Å². The zero-order valence-electron chi connectivity index (χ0n) is 11.0. The molecule has 1 amide bonds. The minimum atomic E-state index is 0.221. The molecule has 4 heteroatoms. The van der Waals surface area contributed by atoms with Crippen molar-refractivity contribution in [3.05, 3.63) is 24.0 Å². The number of rotatable bonds is 5. The maximum atomic E-state index is 12.0. The molecular formula is C14H23N3O. The molecule has 0 radical (unpaired) electrons. The van der Waals surface area contributed by atoms with E-state index in [9.17, 15) is 4.79 Å². The van der Waals surface area contributed by atoms with Gasteiger partial charge < -0.3 is 15.6 Å². The highest BCUT2D eigenvalue weighted by molar-refractivity contribution is 5.78. The van der Waals surface area contributed by atoms with Crippen molar-refractivity contribution in [2.45, 2.75) is 38.1 Å². The topological polar surface area (TPSA) is 56.9 Å². The third kappa shape index (κ3) is 3.60. The molecule has 3 N–H and O–H groups in total. The standard InChI is InChI=1S/C14H23N3O/c1-15-12-6-4-11(5-7-12)14(18)17-10-8-13-3-2-9-16-13/h2-3,9,11-12,15-16H,4-8,10H2,1H3,(H,17,18). The van der Waals surface area contributed by atoms with Crippen LogP contribution in [-0.4, -0.2) is 30.5 Å². The second-order valence-corrected chi connectivity index (χ2v) is 5.07. The van der Waals surface area contributed by atoms with Gasteiger partial charge in [0.2, 0.25) is 5.91 Å². The number of carbonyl (C=O) groups excluding carboxylic acids is 1. The van der Waals surface area contributed by atoms with E-state index in [1.54, 1.807) is 0 Å². The van der Waals surface area contributed by atoms with Crippen LogP contribution in [0, 0.1) is 5.92 Å². The molecule has 0 saturated heterocycles. The summed E-state index contributed by atoms with van der Waals surface area (Å²) in [6.45, 7) is 0.727. The Balaban J connectivity index is 1.66. The van der Waals surface area contributed by atoms with Gasteiger partial charge in [0.25, 0.3) is 0 Å². The number of amides is 1. The summed E-state index contributed by atoms with van der Waals surface area (Å²) < 4.78 is 0. The molecule has 0 aliphatic heterocycles. The average Bonchev–Trinajstić information content (AvgIpc) is 2.92. The third-order valence-corrected chi connectivity index (χ3v) is 3.86. The van der Waals surface area contributed by atoms with Crippen LogP contribution >= 0.6 is 0 Å². The lowest BCUT2D eigenvalue weighted by Gasteiger charge is -2.27. The molecule has 1 aromatic heterocycles. The van der Waals surface area contributed by atoms with Gasteiger partial charge in [-0.1, -0.05) is 0 Å². The van der Waals surface area contributed by atoms with Gasteiger partial charge in [0, 0.05) is 36.8 Å². The summed E-state index contributed by atoms with van der Waals surface area (Å²) in [5.74, 6) is 0.453. The molecule has 4 nitrogen and oxygen atoms in total. The smallest absolute Gasteiger partial charge is 0.223 e. The third-order valence-electron chi connectivity index (χ3n) is 3.86. The number of nitrogens with one attached hydrogen (secondary N) is 3. The lowest BCUT2D eigenvalue weighted by Crippen LogP contribution is -2.38. The first-order chi connectivity index (χ1) is 8.79. The van der Waals surface area contributed by atoms with Crippen LogP contribution in [0.4, 0.5) is 0 Å². The summed E-state index contributed by atoms with van der Waals surface area (Å²) in [5, 5.41) is 6.33. The Hall–Kier alpha value is -1.29. The van der Waals surface area contributed by atoms with Crippen LogP contribution in [0.15, 0.2) is 18.3 Å². The molecule has 1 aliphatic rings. The Bertz CT molecular complexity index is 353. The van der Waals surface area contributed by atoms with Gasteiger partial charge in [0.05, 0.1) is 0 Å². The molecule has 1 saturated carbocycles. The van der Waals surface area contributed by atoms with E-state index in [2.05, 4.69) is 15.6 Å². The number of aromatic amines is 1. The lowest BCUT2D eigenvalue weighted by molar-refractivity contribution is -0.126. The first-order valence-corrected chi connectivity index (χ1v) is 6.87. The quantitative estimate of drug-likeness (QED) is 0.740. The Morgan fingerprint density at radius 2 is 2.17 bits per heavy atom. The molecule has 1 aliphatic carbocycles. The van der Waals surface area contributed by atoms with Gasteiger partial charge in [-0.05, 0) is 44.9 Å². The number of hydrogen-bond donors (Lipinski definition) is 3. The maximum Gasteiger partial charge on any atom is 0.223 e. The average molecular weight is 249 g/mol. The number of hydrogen-bond acceptors (Lipinski definition) is 2. The Morgan fingerprint density at radius 1 is 1.39 bits per heavy atom. The highest BCUT2D eigenvalue weighted by atomic mass is 16.1. The number of carbonyl (C=O) groups is 1. The Kier molecular flexibility index (Phi) is 4.81. The molecule has 18 heavy (non-hydrogen) atoms. The number of H-pyrrole nitrogens is 1. The molecule has 1 heterocycles. The minimum Gasteiger partial charge on any atom is -0.365 e. The number of aromatic nitrogens is 1. The summed E-state index contributed by atoms with van der Waals surface area (Å²) in [7, 11) is 2.00. The van der Waals surface area contributed by atoms with E-state index in [-0.39, 0.29) is 11.8 Å². The molecule has 2 rings (SSSR count). The Morgan fingerprint density at radius 3 is 2.78 bits per heavy atom. The highest BCUT2D eigenvalue weighted by Gasteiger charge is 2.24. The first kappa shape index (κ1) is 13.1. The maximum absolute atomic E-state index is 12.0. The van der Waals surface area contributed by atoms with Crippen molar-refractivity contribution in [3.63, 3.8) is 0 Å². The SMILES string of the molecule is CNC1CCC(C(=O)NCCc2ccc[nH]2)CC1. The zero-order valence-corrected chi connectivity index (χ0v) is 11.0. The van der Waals surface area contributed by atoms with E-state index in [1.807, 2.05) is 25.4 Å². The normalized spacial score (nSPS) is 23.8. The Labute approximate surface area is 109 Å². The van der Waals surface area contributed by atoms with Crippen LogP contribution in [0.25, 0.3) is 0 Å². The monoisotopic (exact) mass is 249 g/mol. The highest BCUT2D eigenvalue weighted by Crippen LogP contribution is 2.24. The molecule has 1 fully saturated rings. The molecule has 0 bridgehead atoms. The van der Waals surface area contributed by atoms with E-state index < -0.39 is 0 Å². The fraction of sp³-hybridized carbons (Fsp3) is 0.643. The van der Waals surface area contributed by atoms with Gasteiger partial charge in [-0.25, -0.2) is 0 Å². The second-order valence-electron chi connectivity index (χ2n) is 5.07. The predicted molar refractivity (Wildman–Crippen MR) is 72.3 cm³/mol. The van der Waals surface area contributed by atoms with E-state index >= 15 is 0 Å². The molecule has 0 spiro atoms. The molecule has 0 unspecified atom stereocenters. The van der Waals surface area contributed by atoms with Crippen molar-refractivity contribution in [3.8, 4) is 0 Å². The van der Waals surface area contributed by atoms with Gasteiger partial charge in [0.15, 0.2) is 0 Å². The fourth-order valence-corrected chi connectivity index (χ4v) is 2.63. The van der Waals surface area contributed by atoms with Crippen molar-refractivity contribution < 1.29 is 4.79 Å². The van der Waals surface area contributed by atoms with E-state index in [1.165, 1.54) is 5.69 Å². The van der Waals surface area contributed by atoms with Crippen LogP contribution in [0.5, 0.6) is 0 Å². The summed E-state index contributed by atoms with van der Waals surface area (Å²) in [4.78, 5) is 15.1. The molecule has 0 atom stereocenters. The van der Waals surface area contributed by atoms with Gasteiger partial charge in [0.1, 0.15) is 0 Å². The fourth-order valence-electron chi connectivity index (χ4n) is 2.63. The molecule has 100 valence electrons. The second kappa shape index (κ2) is 6.59. The van der Waals surface area contributed by atoms with E-state index in [0.717, 1.165) is 38.6 Å². The van der Waals surface area contributed by atoms with Crippen LogP contribution in [0.3, 0.4) is 0 Å². The summed E-state index contributed by atoms with van der Waals surface area (Å²) in [6, 6.07) is 4.63. The van der Waals surface area contributed by atoms with Crippen LogP contribution in [-0.2, 0) is 11.2 Å². The van der Waals surface area contributed by atoms with Gasteiger partial charge in [-0.2, -0.15) is 0 Å². The molecule has 0 aromatic carbocycles. The van der Waals surface area contributed by atoms with Crippen LogP contribution in [0.2, 0.25) is 0 Å².